The van der Waals surface area contributed by atoms with Crippen LogP contribution >= 0.6 is 11.8 Å². The molecular formula is C20H22FN3O5S2. The summed E-state index contributed by atoms with van der Waals surface area (Å²) in [6.45, 7) is 2.19. The first-order chi connectivity index (χ1) is 14.8. The summed E-state index contributed by atoms with van der Waals surface area (Å²) in [7, 11) is -3.89. The average molecular weight is 468 g/mol. The standard InChI is InChI=1S/C20H22FN3O5S2/c21-15-2-1-3-17(12-15)23-31(27,28)18-6-4-16(5-7-18)22-19(25)13-30-14-20(26)24-8-10-29-11-9-24/h1-7,12,23H,8-11,13-14H2,(H,22,25). The van der Waals surface area contributed by atoms with Gasteiger partial charge in [-0.1, -0.05) is 6.07 Å². The van der Waals surface area contributed by atoms with Crippen molar-refractivity contribution in [1.82, 2.24) is 4.90 Å². The molecule has 1 aliphatic heterocycles. The molecule has 0 atom stereocenters. The summed E-state index contributed by atoms with van der Waals surface area (Å²) in [6, 6.07) is 10.7. The molecule has 8 nitrogen and oxygen atoms in total. The monoisotopic (exact) mass is 467 g/mol. The van der Waals surface area contributed by atoms with Crippen LogP contribution in [-0.4, -0.2) is 62.9 Å². The highest BCUT2D eigenvalue weighted by molar-refractivity contribution is 8.00. The maximum atomic E-state index is 13.2. The Labute approximate surface area is 184 Å². The van der Waals surface area contributed by atoms with Crippen LogP contribution < -0.4 is 10.0 Å². The number of ether oxygens (including phenoxy) is 1. The van der Waals surface area contributed by atoms with Crippen molar-refractivity contribution >= 4 is 45.0 Å². The number of carbonyl (C=O) groups excluding carboxylic acids is 2. The highest BCUT2D eigenvalue weighted by Crippen LogP contribution is 2.19. The van der Waals surface area contributed by atoms with E-state index in [4.69, 9.17) is 4.74 Å². The molecule has 2 amide bonds. The van der Waals surface area contributed by atoms with E-state index in [0.717, 1.165) is 6.07 Å². The Morgan fingerprint density at radius 1 is 1.03 bits per heavy atom. The molecule has 1 heterocycles. The summed E-state index contributed by atoms with van der Waals surface area (Å²) in [5.74, 6) is -0.578. The van der Waals surface area contributed by atoms with Crippen LogP contribution in [-0.2, 0) is 24.3 Å². The molecule has 0 spiro atoms. The van der Waals surface area contributed by atoms with E-state index in [1.807, 2.05) is 0 Å². The minimum atomic E-state index is -3.89. The molecule has 3 rings (SSSR count). The van der Waals surface area contributed by atoms with Crippen LogP contribution in [0, 0.1) is 5.82 Å². The third-order valence-electron chi connectivity index (χ3n) is 4.35. The van der Waals surface area contributed by atoms with Crippen LogP contribution in [0.25, 0.3) is 0 Å². The van der Waals surface area contributed by atoms with E-state index in [1.165, 1.54) is 54.2 Å². The Morgan fingerprint density at radius 2 is 1.74 bits per heavy atom. The number of sulfonamides is 1. The molecule has 1 saturated heterocycles. The summed E-state index contributed by atoms with van der Waals surface area (Å²) < 4.78 is 45.6. The molecule has 1 aliphatic rings. The van der Waals surface area contributed by atoms with Gasteiger partial charge in [0.25, 0.3) is 10.0 Å². The van der Waals surface area contributed by atoms with Crippen LogP contribution in [0.5, 0.6) is 0 Å². The van der Waals surface area contributed by atoms with Gasteiger partial charge < -0.3 is 15.0 Å². The minimum Gasteiger partial charge on any atom is -0.378 e. The fourth-order valence-electron chi connectivity index (χ4n) is 2.82. The van der Waals surface area contributed by atoms with Crippen LogP contribution in [0.15, 0.2) is 53.4 Å². The van der Waals surface area contributed by atoms with Gasteiger partial charge >= 0.3 is 0 Å². The van der Waals surface area contributed by atoms with Crippen molar-refractivity contribution in [2.45, 2.75) is 4.90 Å². The summed E-state index contributed by atoms with van der Waals surface area (Å²) in [6.07, 6.45) is 0. The highest BCUT2D eigenvalue weighted by atomic mass is 32.2. The summed E-state index contributed by atoms with van der Waals surface area (Å²) in [5, 5.41) is 2.66. The second kappa shape index (κ2) is 10.6. The van der Waals surface area contributed by atoms with Crippen LogP contribution in [0.3, 0.4) is 0 Å². The Morgan fingerprint density at radius 3 is 2.42 bits per heavy atom. The van der Waals surface area contributed by atoms with E-state index in [0.29, 0.717) is 32.0 Å². The van der Waals surface area contributed by atoms with Crippen LogP contribution in [0.1, 0.15) is 0 Å². The topological polar surface area (TPSA) is 105 Å². The van der Waals surface area contributed by atoms with Gasteiger partial charge in [0.05, 0.1) is 35.3 Å². The molecule has 0 saturated carbocycles. The third kappa shape index (κ3) is 6.94. The Bertz CT molecular complexity index is 1030. The van der Waals surface area contributed by atoms with Crippen LogP contribution in [0.4, 0.5) is 15.8 Å². The SMILES string of the molecule is O=C(CSCC(=O)N1CCOCC1)Nc1ccc(S(=O)(=O)Nc2cccc(F)c2)cc1. The molecule has 31 heavy (non-hydrogen) atoms. The Balaban J connectivity index is 1.48. The first-order valence-corrected chi connectivity index (χ1v) is 12.1. The fraction of sp³-hybridized carbons (Fsp3) is 0.300. The molecule has 0 bridgehead atoms. The molecule has 0 radical (unpaired) electrons. The summed E-state index contributed by atoms with van der Waals surface area (Å²) >= 11 is 1.21. The van der Waals surface area contributed by atoms with Gasteiger partial charge in [-0.15, -0.1) is 11.8 Å². The van der Waals surface area contributed by atoms with Crippen LogP contribution in [0.2, 0.25) is 0 Å². The van der Waals surface area contributed by atoms with Crippen molar-refractivity contribution in [2.24, 2.45) is 0 Å². The lowest BCUT2D eigenvalue weighted by Crippen LogP contribution is -2.41. The molecule has 1 fully saturated rings. The van der Waals surface area contributed by atoms with Gasteiger partial charge in [0, 0.05) is 18.8 Å². The molecular weight excluding hydrogens is 445 g/mol. The van der Waals surface area contributed by atoms with Gasteiger partial charge in [-0.2, -0.15) is 0 Å². The maximum absolute atomic E-state index is 13.2. The fourth-order valence-corrected chi connectivity index (χ4v) is 4.58. The number of carbonyl (C=O) groups is 2. The third-order valence-corrected chi connectivity index (χ3v) is 6.66. The number of rotatable bonds is 8. The zero-order valence-electron chi connectivity index (χ0n) is 16.5. The van der Waals surface area contributed by atoms with E-state index in [1.54, 1.807) is 4.90 Å². The molecule has 2 aromatic rings. The summed E-state index contributed by atoms with van der Waals surface area (Å²) in [4.78, 5) is 25.8. The maximum Gasteiger partial charge on any atom is 0.261 e. The van der Waals surface area contributed by atoms with E-state index in [-0.39, 0.29) is 33.9 Å². The lowest BCUT2D eigenvalue weighted by Gasteiger charge is -2.26. The van der Waals surface area contributed by atoms with E-state index < -0.39 is 15.8 Å². The zero-order chi connectivity index (χ0) is 22.3. The van der Waals surface area contributed by atoms with Gasteiger partial charge in [-0.25, -0.2) is 12.8 Å². The van der Waals surface area contributed by atoms with Gasteiger partial charge in [0.15, 0.2) is 0 Å². The smallest absolute Gasteiger partial charge is 0.261 e. The van der Waals surface area contributed by atoms with E-state index in [2.05, 4.69) is 10.0 Å². The average Bonchev–Trinajstić information content (AvgIpc) is 2.74. The second-order valence-corrected chi connectivity index (χ2v) is 9.34. The predicted octanol–water partition coefficient (Wildman–Crippen LogP) is 2.16. The van der Waals surface area contributed by atoms with E-state index >= 15 is 0 Å². The van der Waals surface area contributed by atoms with Gasteiger partial charge in [-0.05, 0) is 42.5 Å². The highest BCUT2D eigenvalue weighted by Gasteiger charge is 2.17. The van der Waals surface area contributed by atoms with Gasteiger partial charge in [-0.3, -0.25) is 14.3 Å². The second-order valence-electron chi connectivity index (χ2n) is 6.67. The number of thioether (sulfide) groups is 1. The molecule has 2 N–H and O–H groups in total. The number of hydrogen-bond acceptors (Lipinski definition) is 6. The Kier molecular flexibility index (Phi) is 7.88. The lowest BCUT2D eigenvalue weighted by atomic mass is 10.3. The first-order valence-electron chi connectivity index (χ1n) is 9.45. The number of anilines is 2. The van der Waals surface area contributed by atoms with Crippen molar-refractivity contribution in [3.8, 4) is 0 Å². The number of nitrogens with one attached hydrogen (secondary N) is 2. The van der Waals surface area contributed by atoms with Crippen molar-refractivity contribution in [3.63, 3.8) is 0 Å². The van der Waals surface area contributed by atoms with Gasteiger partial charge in [0.2, 0.25) is 11.8 Å². The van der Waals surface area contributed by atoms with Gasteiger partial charge in [0.1, 0.15) is 5.82 Å². The molecule has 0 aromatic heterocycles. The quantitative estimate of drug-likeness (QED) is 0.617. The number of halogens is 1. The largest absolute Gasteiger partial charge is 0.378 e. The van der Waals surface area contributed by atoms with E-state index in [9.17, 15) is 22.4 Å². The predicted molar refractivity (Wildman–Crippen MR) is 117 cm³/mol. The molecule has 166 valence electrons. The summed E-state index contributed by atoms with van der Waals surface area (Å²) in [5.41, 5.74) is 0.538. The molecule has 11 heteroatoms. The number of amides is 2. The van der Waals surface area contributed by atoms with Crippen molar-refractivity contribution in [1.29, 1.82) is 0 Å². The van der Waals surface area contributed by atoms with Crippen molar-refractivity contribution in [2.75, 3.05) is 47.8 Å². The Hall–Kier alpha value is -2.63. The molecule has 0 unspecified atom stereocenters. The molecule has 2 aromatic carbocycles. The lowest BCUT2D eigenvalue weighted by molar-refractivity contribution is -0.132. The van der Waals surface area contributed by atoms with Crippen molar-refractivity contribution in [3.05, 3.63) is 54.3 Å². The molecule has 0 aliphatic carbocycles. The normalized spacial score (nSPS) is 14.2. The van der Waals surface area contributed by atoms with Crippen molar-refractivity contribution < 1.29 is 27.1 Å². The zero-order valence-corrected chi connectivity index (χ0v) is 18.2. The number of nitrogens with zero attached hydrogens (tertiary/aromatic N) is 1. The number of morpholine rings is 1. The number of hydrogen-bond donors (Lipinski definition) is 2. The number of benzene rings is 2. The minimum absolute atomic E-state index is 0.0264. The first kappa shape index (κ1) is 23.0.